The van der Waals surface area contributed by atoms with E-state index in [4.69, 9.17) is 11.1 Å². The minimum absolute atomic E-state index is 0.132. The van der Waals surface area contributed by atoms with Crippen molar-refractivity contribution in [2.24, 2.45) is 5.73 Å². The van der Waals surface area contributed by atoms with Crippen LogP contribution in [0.4, 0.5) is 0 Å². The highest BCUT2D eigenvalue weighted by molar-refractivity contribution is 6.45. The lowest BCUT2D eigenvalue weighted by Gasteiger charge is -2.08. The molecule has 0 bridgehead atoms. The highest BCUT2D eigenvalue weighted by Gasteiger charge is 2.10. The largest absolute Gasteiger partial charge is 0.405 e. The van der Waals surface area contributed by atoms with Crippen molar-refractivity contribution in [3.05, 3.63) is 23.5 Å². The molecule has 0 fully saturated rings. The summed E-state index contributed by atoms with van der Waals surface area (Å²) in [7, 11) is 0. The second-order valence-corrected chi connectivity index (χ2v) is 2.88. The van der Waals surface area contributed by atoms with Crippen molar-refractivity contribution in [3.63, 3.8) is 0 Å². The van der Waals surface area contributed by atoms with Gasteiger partial charge >= 0.3 is 0 Å². The molecule has 0 saturated carbocycles. The van der Waals surface area contributed by atoms with Gasteiger partial charge in [0.15, 0.2) is 5.78 Å². The van der Waals surface area contributed by atoms with E-state index in [0.717, 1.165) is 0 Å². The van der Waals surface area contributed by atoms with Gasteiger partial charge in [0.25, 0.3) is 0 Å². The molecule has 0 aromatic rings. The van der Waals surface area contributed by atoms with Crippen molar-refractivity contribution in [2.45, 2.75) is 13.8 Å². The van der Waals surface area contributed by atoms with Gasteiger partial charge in [-0.3, -0.25) is 10.2 Å². The molecule has 0 spiro atoms. The molecule has 0 unspecified atom stereocenters. The van der Waals surface area contributed by atoms with Gasteiger partial charge in [0, 0.05) is 18.2 Å². The molecule has 0 aromatic carbocycles. The molecule has 4 N–H and O–H groups in total. The molecule has 0 heterocycles. The number of hydrogen-bond donors (Lipinski definition) is 3. The van der Waals surface area contributed by atoms with Crippen molar-refractivity contribution < 1.29 is 9.59 Å². The lowest BCUT2D eigenvalue weighted by molar-refractivity contribution is -0.111. The van der Waals surface area contributed by atoms with E-state index < -0.39 is 0 Å². The van der Waals surface area contributed by atoms with Crippen LogP contribution in [-0.4, -0.2) is 24.3 Å². The van der Waals surface area contributed by atoms with E-state index in [0.29, 0.717) is 17.6 Å². The van der Waals surface area contributed by atoms with Gasteiger partial charge < -0.3 is 15.8 Å². The molecule has 0 aliphatic heterocycles. The van der Waals surface area contributed by atoms with E-state index in [-0.39, 0.29) is 18.0 Å². The predicted molar refractivity (Wildman–Crippen MR) is 58.5 cm³/mol. The summed E-state index contributed by atoms with van der Waals surface area (Å²) in [5.74, 6) is -0.352. The first kappa shape index (κ1) is 13.1. The first-order valence-corrected chi connectivity index (χ1v) is 4.41. The number of aldehydes is 1. The van der Waals surface area contributed by atoms with E-state index in [2.05, 4.69) is 5.32 Å². The summed E-state index contributed by atoms with van der Waals surface area (Å²) in [5.41, 5.74) is 6.05. The van der Waals surface area contributed by atoms with E-state index in [1.165, 1.54) is 19.2 Å². The van der Waals surface area contributed by atoms with Gasteiger partial charge in [0.05, 0.1) is 6.54 Å². The molecular formula is C10H15N3O2. The lowest BCUT2D eigenvalue weighted by atomic mass is 10.1. The molecule has 0 aliphatic carbocycles. The summed E-state index contributed by atoms with van der Waals surface area (Å²) in [6, 6.07) is 0. The summed E-state index contributed by atoms with van der Waals surface area (Å²) in [6.45, 7) is 3.12. The molecule has 5 heteroatoms. The van der Waals surface area contributed by atoms with Gasteiger partial charge in [-0.15, -0.1) is 0 Å². The van der Waals surface area contributed by atoms with Crippen molar-refractivity contribution in [2.75, 3.05) is 6.54 Å². The van der Waals surface area contributed by atoms with Crippen molar-refractivity contribution in [1.82, 2.24) is 5.32 Å². The second-order valence-electron chi connectivity index (χ2n) is 2.88. The maximum Gasteiger partial charge on any atom is 0.178 e. The second kappa shape index (κ2) is 6.53. The molecule has 82 valence electrons. The number of nitrogens with two attached hydrogens (primary N) is 1. The van der Waals surface area contributed by atoms with Crippen LogP contribution in [0.2, 0.25) is 0 Å². The van der Waals surface area contributed by atoms with E-state index >= 15 is 0 Å². The lowest BCUT2D eigenvalue weighted by Crippen LogP contribution is -2.20. The maximum absolute atomic E-state index is 11.0. The summed E-state index contributed by atoms with van der Waals surface area (Å²) in [4.78, 5) is 21.2. The fourth-order valence-corrected chi connectivity index (χ4v) is 0.972. The third-order valence-corrected chi connectivity index (χ3v) is 1.74. The standard InChI is InChI=1S/C10H15N3O2/c1-7(13-5-6-14)9(3-4-11)10(12)8(2)15/h3-4,6,12-13H,5,11H2,1-2H3/b4-3-,9-7-,12-10?. The zero-order valence-corrected chi connectivity index (χ0v) is 8.83. The Morgan fingerprint density at radius 3 is 2.47 bits per heavy atom. The number of rotatable bonds is 6. The Kier molecular flexibility index (Phi) is 5.70. The molecule has 0 aliphatic rings. The number of hydrogen-bond acceptors (Lipinski definition) is 5. The highest BCUT2D eigenvalue weighted by atomic mass is 16.1. The maximum atomic E-state index is 11.0. The number of ketones is 1. The van der Waals surface area contributed by atoms with Crippen LogP contribution in [0.25, 0.3) is 0 Å². The van der Waals surface area contributed by atoms with Crippen LogP contribution in [0.15, 0.2) is 23.5 Å². The zero-order valence-electron chi connectivity index (χ0n) is 8.83. The predicted octanol–water partition coefficient (Wildman–Crippen LogP) is 0.130. The molecule has 0 atom stereocenters. The smallest absolute Gasteiger partial charge is 0.178 e. The van der Waals surface area contributed by atoms with Gasteiger partial charge in [-0.1, -0.05) is 0 Å². The Labute approximate surface area is 88.5 Å². The first-order valence-electron chi connectivity index (χ1n) is 4.41. The number of allylic oxidation sites excluding steroid dienone is 3. The third-order valence-electron chi connectivity index (χ3n) is 1.74. The van der Waals surface area contributed by atoms with Gasteiger partial charge in [0.2, 0.25) is 0 Å². The molecule has 0 aromatic heterocycles. The van der Waals surface area contributed by atoms with E-state index in [1.807, 2.05) is 0 Å². The van der Waals surface area contributed by atoms with Gasteiger partial charge in [-0.05, 0) is 19.2 Å². The summed E-state index contributed by atoms with van der Waals surface area (Å²) < 4.78 is 0. The van der Waals surface area contributed by atoms with Crippen LogP contribution >= 0.6 is 0 Å². The van der Waals surface area contributed by atoms with Crippen LogP contribution < -0.4 is 11.1 Å². The van der Waals surface area contributed by atoms with Crippen LogP contribution in [0.1, 0.15) is 13.8 Å². The Morgan fingerprint density at radius 2 is 2.07 bits per heavy atom. The molecular weight excluding hydrogens is 194 g/mol. The Morgan fingerprint density at radius 1 is 1.47 bits per heavy atom. The molecule has 0 rings (SSSR count). The zero-order chi connectivity index (χ0) is 11.8. The van der Waals surface area contributed by atoms with Gasteiger partial charge in [0.1, 0.15) is 12.0 Å². The summed E-state index contributed by atoms with van der Waals surface area (Å²) in [6.07, 6.45) is 3.40. The normalized spacial score (nSPS) is 12.1. The molecule has 0 amide bonds. The number of carbonyl (C=O) groups excluding carboxylic acids is 2. The topological polar surface area (TPSA) is 96.0 Å². The Hall–Kier alpha value is -1.91. The molecule has 0 saturated heterocycles. The monoisotopic (exact) mass is 209 g/mol. The van der Waals surface area contributed by atoms with Crippen LogP contribution in [0.5, 0.6) is 0 Å². The average molecular weight is 209 g/mol. The number of carbonyl (C=O) groups is 2. The van der Waals surface area contributed by atoms with Crippen molar-refractivity contribution >= 4 is 17.8 Å². The molecule has 15 heavy (non-hydrogen) atoms. The minimum Gasteiger partial charge on any atom is -0.405 e. The van der Waals surface area contributed by atoms with Gasteiger partial charge in [-0.2, -0.15) is 0 Å². The van der Waals surface area contributed by atoms with E-state index in [1.54, 1.807) is 6.92 Å². The van der Waals surface area contributed by atoms with Crippen molar-refractivity contribution in [3.8, 4) is 0 Å². The fraction of sp³-hybridized carbons (Fsp3) is 0.300. The summed E-state index contributed by atoms with van der Waals surface area (Å²) >= 11 is 0. The van der Waals surface area contributed by atoms with E-state index in [9.17, 15) is 9.59 Å². The minimum atomic E-state index is -0.352. The molecule has 5 nitrogen and oxygen atoms in total. The Bertz CT molecular complexity index is 330. The Balaban J connectivity index is 5.00. The fourth-order valence-electron chi connectivity index (χ4n) is 0.972. The molecule has 0 radical (unpaired) electrons. The number of nitrogens with one attached hydrogen (secondary N) is 2. The van der Waals surface area contributed by atoms with Crippen molar-refractivity contribution in [1.29, 1.82) is 5.41 Å². The van der Waals surface area contributed by atoms with Crippen LogP contribution in [-0.2, 0) is 9.59 Å². The third kappa shape index (κ3) is 4.21. The van der Waals surface area contributed by atoms with Crippen LogP contribution in [0, 0.1) is 5.41 Å². The van der Waals surface area contributed by atoms with Gasteiger partial charge in [-0.25, -0.2) is 0 Å². The van der Waals surface area contributed by atoms with Crippen LogP contribution in [0.3, 0.4) is 0 Å². The quantitative estimate of drug-likeness (QED) is 0.329. The highest BCUT2D eigenvalue weighted by Crippen LogP contribution is 2.05. The SMILES string of the molecule is CC(=O)C(=N)C(/C=C\N)=C(/C)NCC=O. The number of Topliss-reactive ketones (excluding diaryl/α,β-unsaturated/α-hetero) is 1. The average Bonchev–Trinajstić information content (AvgIpc) is 2.21. The summed E-state index contributed by atoms with van der Waals surface area (Å²) in [5, 5.41) is 10.3. The first-order chi connectivity index (χ1) is 7.04.